The number of carbonyl (C=O) groups is 1. The highest BCUT2D eigenvalue weighted by Gasteiger charge is 2.29. The van der Waals surface area contributed by atoms with Gasteiger partial charge in [-0.15, -0.1) is 9.97 Å². The molecule has 5 rings (SSSR count). The van der Waals surface area contributed by atoms with Gasteiger partial charge in [-0.25, -0.2) is 15.1 Å². The average molecular weight is 442 g/mol. The fourth-order valence-electron chi connectivity index (χ4n) is 3.70. The summed E-state index contributed by atoms with van der Waals surface area (Å²) in [4.78, 5) is 28.8. The van der Waals surface area contributed by atoms with Crippen LogP contribution in [-0.4, -0.2) is 22.0 Å². The first-order chi connectivity index (χ1) is 15.5. The third-order valence-electron chi connectivity index (χ3n) is 5.17. The quantitative estimate of drug-likeness (QED) is 0.311. The summed E-state index contributed by atoms with van der Waals surface area (Å²) in [6.45, 7) is 3.95. The lowest BCUT2D eigenvalue weighted by Gasteiger charge is -2.29. The lowest BCUT2D eigenvalue weighted by molar-refractivity contribution is -0.367. The van der Waals surface area contributed by atoms with Crippen LogP contribution in [0.5, 0.6) is 0 Å². The first-order valence-corrected chi connectivity index (χ1v) is 10.9. The zero-order valence-corrected chi connectivity index (χ0v) is 18.4. The van der Waals surface area contributed by atoms with Gasteiger partial charge in [-0.05, 0) is 50.2 Å². The third kappa shape index (κ3) is 3.65. The minimum atomic E-state index is -0.372. The van der Waals surface area contributed by atoms with Crippen LogP contribution >= 0.6 is 11.8 Å². The van der Waals surface area contributed by atoms with Gasteiger partial charge in [0.05, 0.1) is 17.1 Å². The van der Waals surface area contributed by atoms with Crippen LogP contribution in [-0.2, 0) is 0 Å². The molecule has 0 saturated heterocycles. The second kappa shape index (κ2) is 7.97. The maximum absolute atomic E-state index is 13.3. The number of para-hydroxylation sites is 2. The van der Waals surface area contributed by atoms with Gasteiger partial charge in [-0.1, -0.05) is 47.7 Å². The van der Waals surface area contributed by atoms with Gasteiger partial charge in [0.15, 0.2) is 0 Å². The maximum Gasteiger partial charge on any atom is 0.368 e. The highest BCUT2D eigenvalue weighted by molar-refractivity contribution is 7.99. The first-order valence-electron chi connectivity index (χ1n) is 10.1. The molecule has 4 N–H and O–H groups in total. The second-order valence-electron chi connectivity index (χ2n) is 7.49. The Bertz CT molecular complexity index is 1360. The van der Waals surface area contributed by atoms with Crippen LogP contribution in [0.25, 0.3) is 10.9 Å². The molecule has 1 aliphatic rings. The highest BCUT2D eigenvalue weighted by atomic mass is 32.2. The summed E-state index contributed by atoms with van der Waals surface area (Å²) in [5, 5.41) is 3.72. The average Bonchev–Trinajstić information content (AvgIpc) is 2.77. The molecule has 0 spiro atoms. The Hall–Kier alpha value is -3.91. The van der Waals surface area contributed by atoms with Crippen LogP contribution in [0.3, 0.4) is 0 Å². The van der Waals surface area contributed by atoms with Crippen LogP contribution < -0.4 is 20.9 Å². The number of anilines is 2. The van der Waals surface area contributed by atoms with E-state index in [0.29, 0.717) is 5.95 Å². The van der Waals surface area contributed by atoms with Crippen molar-refractivity contribution in [3.05, 3.63) is 78.0 Å². The topological polar surface area (TPSA) is 98.1 Å². The Kier molecular flexibility index (Phi) is 4.99. The van der Waals surface area contributed by atoms with Crippen LogP contribution in [0.4, 0.5) is 22.1 Å². The van der Waals surface area contributed by atoms with Gasteiger partial charge in [-0.3, -0.25) is 4.90 Å². The number of aryl methyl sites for hydroxylation is 2. The molecule has 0 fully saturated rings. The lowest BCUT2D eigenvalue weighted by atomic mass is 10.1. The van der Waals surface area contributed by atoms with Crippen molar-refractivity contribution in [3.63, 3.8) is 0 Å². The lowest BCUT2D eigenvalue weighted by Crippen LogP contribution is -2.75. The summed E-state index contributed by atoms with van der Waals surface area (Å²) >= 11 is 1.63. The zero-order chi connectivity index (χ0) is 22.2. The number of hydrogen-bond donors (Lipinski definition) is 3. The summed E-state index contributed by atoms with van der Waals surface area (Å²) in [5.74, 6) is 0.376. The molecular weight excluding hydrogens is 420 g/mol. The molecule has 0 bridgehead atoms. The molecule has 0 aliphatic carbocycles. The molecule has 1 aliphatic heterocycles. The number of aromatic nitrogens is 2. The number of guanidine groups is 1. The predicted molar refractivity (Wildman–Crippen MR) is 127 cm³/mol. The van der Waals surface area contributed by atoms with Crippen molar-refractivity contribution < 1.29 is 9.79 Å². The summed E-state index contributed by atoms with van der Waals surface area (Å²) in [6.07, 6.45) is 0. The Morgan fingerprint density at radius 3 is 2.31 bits per heavy atom. The molecule has 0 saturated carbocycles. The number of nitrogens with one attached hydrogen (secondary N) is 2. The van der Waals surface area contributed by atoms with Crippen molar-refractivity contribution in [2.75, 3.05) is 4.90 Å². The summed E-state index contributed by atoms with van der Waals surface area (Å²) in [7, 11) is 0. The molecule has 0 unspecified atom stereocenters. The smallest absolute Gasteiger partial charge is 0.322 e. The van der Waals surface area contributed by atoms with Crippen LogP contribution in [0.15, 0.2) is 76.5 Å². The zero-order valence-electron chi connectivity index (χ0n) is 17.6. The van der Waals surface area contributed by atoms with E-state index in [9.17, 15) is 4.79 Å². The summed E-state index contributed by atoms with van der Waals surface area (Å²) < 4.78 is 0. The van der Waals surface area contributed by atoms with Gasteiger partial charge in [0.2, 0.25) is 0 Å². The van der Waals surface area contributed by atoms with Gasteiger partial charge >= 0.3 is 12.0 Å². The van der Waals surface area contributed by atoms with E-state index in [2.05, 4.69) is 20.3 Å². The van der Waals surface area contributed by atoms with E-state index in [0.717, 1.165) is 43.3 Å². The standard InChI is InChI=1S/C24H20N6OS/c1-14-11-12-17-16(13-14)15(2)26-23(27-17)28-22(25)29-24(31)30-18-7-3-5-9-20(18)32-21-10-6-4-8-19(21)30/h3-13H,1-2H3,(H3,25,26,27,28,29,31)/p+1. The molecular formula is C24H21N6OS+. The van der Waals surface area contributed by atoms with E-state index in [1.807, 2.05) is 80.6 Å². The molecule has 2 amide bonds. The van der Waals surface area contributed by atoms with Gasteiger partial charge in [-0.2, -0.15) is 0 Å². The fraction of sp³-hybridized carbons (Fsp3) is 0.0833. The predicted octanol–water partition coefficient (Wildman–Crippen LogP) is 3.29. The number of nitrogens with zero attached hydrogens (tertiary/aromatic N) is 3. The first kappa shape index (κ1) is 20.0. The number of benzene rings is 3. The van der Waals surface area contributed by atoms with E-state index in [1.54, 1.807) is 16.7 Å². The number of nitrogens with two attached hydrogens (primary N) is 1. The number of carbonyl (C=O) groups excluding carboxylic acids is 1. The Morgan fingerprint density at radius 2 is 1.62 bits per heavy atom. The van der Waals surface area contributed by atoms with E-state index >= 15 is 0 Å². The molecule has 0 radical (unpaired) electrons. The minimum absolute atomic E-state index is 0.0500. The van der Waals surface area contributed by atoms with Crippen molar-refractivity contribution in [1.29, 1.82) is 0 Å². The molecule has 0 atom stereocenters. The van der Waals surface area contributed by atoms with Crippen LogP contribution in [0, 0.1) is 13.8 Å². The summed E-state index contributed by atoms with van der Waals surface area (Å²) in [6, 6.07) is 21.2. The van der Waals surface area contributed by atoms with Crippen LogP contribution in [0.1, 0.15) is 11.3 Å². The Morgan fingerprint density at radius 1 is 0.969 bits per heavy atom. The molecule has 4 aromatic rings. The monoisotopic (exact) mass is 441 g/mol. The fourth-order valence-corrected chi connectivity index (χ4v) is 4.76. The minimum Gasteiger partial charge on any atom is -0.322 e. The molecule has 32 heavy (non-hydrogen) atoms. The van der Waals surface area contributed by atoms with Gasteiger partial charge in [0.25, 0.3) is 5.96 Å². The van der Waals surface area contributed by atoms with E-state index < -0.39 is 0 Å². The summed E-state index contributed by atoms with van der Waals surface area (Å²) in [5.41, 5.74) is 10.5. The molecule has 2 heterocycles. The maximum atomic E-state index is 13.3. The number of urea groups is 1. The van der Waals surface area contributed by atoms with Crippen molar-refractivity contribution >= 4 is 52.0 Å². The van der Waals surface area contributed by atoms with Crippen molar-refractivity contribution in [2.24, 2.45) is 5.73 Å². The SMILES string of the molecule is Cc1ccc2nc(/[NH+]=C(\N)NC(=O)N3c4ccccc4Sc4ccccc43)nc(C)c2c1. The molecule has 8 heteroatoms. The third-order valence-corrected chi connectivity index (χ3v) is 6.30. The number of fused-ring (bicyclic) bond motifs is 3. The molecule has 158 valence electrons. The number of rotatable bonds is 1. The van der Waals surface area contributed by atoms with Crippen molar-refractivity contribution in [1.82, 2.24) is 15.3 Å². The van der Waals surface area contributed by atoms with Gasteiger partial charge < -0.3 is 5.73 Å². The van der Waals surface area contributed by atoms with E-state index in [4.69, 9.17) is 5.73 Å². The van der Waals surface area contributed by atoms with Gasteiger partial charge in [0.1, 0.15) is 5.52 Å². The Balaban J connectivity index is 1.46. The largest absolute Gasteiger partial charge is 0.368 e. The number of amides is 2. The molecule has 7 nitrogen and oxygen atoms in total. The van der Waals surface area contributed by atoms with Crippen molar-refractivity contribution in [3.8, 4) is 0 Å². The second-order valence-corrected chi connectivity index (χ2v) is 8.58. The van der Waals surface area contributed by atoms with E-state index in [1.165, 1.54) is 0 Å². The molecule has 3 aromatic carbocycles. The normalized spacial score (nSPS) is 12.9. The molecule has 1 aromatic heterocycles. The van der Waals surface area contributed by atoms with Gasteiger partial charge in [0, 0.05) is 15.2 Å². The van der Waals surface area contributed by atoms with Crippen LogP contribution in [0.2, 0.25) is 0 Å². The Labute approximate surface area is 189 Å². The highest BCUT2D eigenvalue weighted by Crippen LogP contribution is 2.47. The van der Waals surface area contributed by atoms with Crippen molar-refractivity contribution in [2.45, 2.75) is 23.6 Å². The number of hydrogen-bond acceptors (Lipinski definition) is 4. The van der Waals surface area contributed by atoms with E-state index in [-0.39, 0.29) is 12.0 Å².